The van der Waals surface area contributed by atoms with Gasteiger partial charge in [-0.2, -0.15) is 0 Å². The van der Waals surface area contributed by atoms with E-state index in [0.29, 0.717) is 12.8 Å². The number of nitrogens with one attached hydrogen (secondary N) is 5. The Labute approximate surface area is 224 Å². The molecule has 0 unspecified atom stereocenters. The lowest BCUT2D eigenvalue weighted by Gasteiger charge is -2.26. The molecular weight excluding hydrogens is 490 g/mol. The van der Waals surface area contributed by atoms with E-state index in [-0.39, 0.29) is 37.2 Å². The second-order valence-corrected chi connectivity index (χ2v) is 10.1. The van der Waals surface area contributed by atoms with Crippen LogP contribution in [0.4, 0.5) is 0 Å². The first-order valence-electron chi connectivity index (χ1n) is 12.8. The molecular formula is C26H43N7O5. The Kier molecular flexibility index (Phi) is 13.8. The molecule has 12 nitrogen and oxygen atoms in total. The van der Waals surface area contributed by atoms with E-state index in [1.165, 1.54) is 0 Å². The van der Waals surface area contributed by atoms with E-state index in [1.54, 1.807) is 13.8 Å². The number of amides is 3. The largest absolute Gasteiger partial charge is 0.480 e. The summed E-state index contributed by atoms with van der Waals surface area (Å²) in [5.74, 6) is -3.38. The minimum Gasteiger partial charge on any atom is -0.480 e. The smallest absolute Gasteiger partial charge is 0.326 e. The van der Waals surface area contributed by atoms with Gasteiger partial charge in [-0.05, 0) is 36.7 Å². The highest BCUT2D eigenvalue weighted by molar-refractivity contribution is 5.94. The van der Waals surface area contributed by atoms with Crippen LogP contribution in [-0.4, -0.2) is 65.5 Å². The van der Waals surface area contributed by atoms with Crippen molar-refractivity contribution in [2.45, 2.75) is 77.5 Å². The maximum Gasteiger partial charge on any atom is 0.326 e. The third-order valence-electron chi connectivity index (χ3n) is 5.83. The van der Waals surface area contributed by atoms with Crippen molar-refractivity contribution in [1.29, 1.82) is 5.41 Å². The van der Waals surface area contributed by atoms with Gasteiger partial charge in [0.25, 0.3) is 0 Å². The summed E-state index contributed by atoms with van der Waals surface area (Å²) >= 11 is 0. The fourth-order valence-corrected chi connectivity index (χ4v) is 3.79. The lowest BCUT2D eigenvalue weighted by molar-refractivity contribution is -0.143. The van der Waals surface area contributed by atoms with Crippen molar-refractivity contribution in [3.63, 3.8) is 0 Å². The van der Waals surface area contributed by atoms with Crippen molar-refractivity contribution >= 4 is 29.7 Å². The second kappa shape index (κ2) is 16.2. The molecule has 0 aliphatic heterocycles. The predicted molar refractivity (Wildman–Crippen MR) is 145 cm³/mol. The van der Waals surface area contributed by atoms with Gasteiger partial charge < -0.3 is 37.8 Å². The fourth-order valence-electron chi connectivity index (χ4n) is 3.79. The van der Waals surface area contributed by atoms with Crippen LogP contribution in [0.15, 0.2) is 30.3 Å². The van der Waals surface area contributed by atoms with Crippen LogP contribution >= 0.6 is 0 Å². The van der Waals surface area contributed by atoms with Gasteiger partial charge in [-0.25, -0.2) is 4.79 Å². The quantitative estimate of drug-likeness (QED) is 0.0824. The molecule has 0 aliphatic rings. The maximum atomic E-state index is 13.4. The van der Waals surface area contributed by atoms with E-state index in [4.69, 9.17) is 16.9 Å². The van der Waals surface area contributed by atoms with Crippen LogP contribution in [0.3, 0.4) is 0 Å². The van der Waals surface area contributed by atoms with Gasteiger partial charge >= 0.3 is 5.97 Å². The number of rotatable bonds is 16. The summed E-state index contributed by atoms with van der Waals surface area (Å²) in [6.07, 6.45) is 1.09. The number of carbonyl (C=O) groups excluding carboxylic acids is 3. The average Bonchev–Trinajstić information content (AvgIpc) is 2.83. The van der Waals surface area contributed by atoms with Gasteiger partial charge in [-0.15, -0.1) is 0 Å². The summed E-state index contributed by atoms with van der Waals surface area (Å²) in [6.45, 7) is 7.47. The Balaban J connectivity index is 3.12. The molecule has 0 saturated carbocycles. The summed E-state index contributed by atoms with van der Waals surface area (Å²) in [6, 6.07) is 5.03. The van der Waals surface area contributed by atoms with Gasteiger partial charge in [0.15, 0.2) is 5.96 Å². The van der Waals surface area contributed by atoms with Crippen LogP contribution in [0.2, 0.25) is 0 Å². The van der Waals surface area contributed by atoms with Crippen molar-refractivity contribution in [3.05, 3.63) is 35.9 Å². The molecule has 0 aromatic heterocycles. The third-order valence-corrected chi connectivity index (χ3v) is 5.83. The van der Waals surface area contributed by atoms with E-state index < -0.39 is 47.9 Å². The Morgan fingerprint density at radius 3 is 2.03 bits per heavy atom. The van der Waals surface area contributed by atoms with Gasteiger partial charge in [0.05, 0.1) is 6.04 Å². The summed E-state index contributed by atoms with van der Waals surface area (Å²) in [7, 11) is 0. The first kappa shape index (κ1) is 32.4. The van der Waals surface area contributed by atoms with E-state index in [1.807, 2.05) is 44.2 Å². The Morgan fingerprint density at radius 2 is 1.50 bits per heavy atom. The highest BCUT2D eigenvalue weighted by Crippen LogP contribution is 2.09. The van der Waals surface area contributed by atoms with Crippen molar-refractivity contribution in [1.82, 2.24) is 21.3 Å². The molecule has 0 heterocycles. The molecule has 10 N–H and O–H groups in total. The zero-order chi connectivity index (χ0) is 28.8. The van der Waals surface area contributed by atoms with Crippen LogP contribution in [0.25, 0.3) is 0 Å². The molecule has 0 saturated heterocycles. The van der Waals surface area contributed by atoms with Crippen LogP contribution < -0.4 is 32.7 Å². The summed E-state index contributed by atoms with van der Waals surface area (Å²) in [5, 5.41) is 27.3. The highest BCUT2D eigenvalue weighted by atomic mass is 16.4. The minimum absolute atomic E-state index is 0.140. The molecule has 0 aliphatic carbocycles. The molecule has 0 fully saturated rings. The standard InChI is InChI=1S/C26H43N7O5/c1-15(2)13-18(27)22(34)32-20(14-17-9-6-5-7-10-17)24(36)31-19(11-8-12-30-26(28)29)23(35)33-21(16(3)4)25(37)38/h5-7,9-10,15-16,18-21H,8,11-14,27H2,1-4H3,(H,31,36)(H,32,34)(H,33,35)(H,37,38)(H4,28,29,30)/t18-,19-,20-,21-/m0/s1. The second-order valence-electron chi connectivity index (χ2n) is 10.1. The lowest BCUT2D eigenvalue weighted by atomic mass is 10.0. The van der Waals surface area contributed by atoms with E-state index >= 15 is 0 Å². The number of hydrogen-bond acceptors (Lipinski definition) is 6. The van der Waals surface area contributed by atoms with Crippen LogP contribution in [0, 0.1) is 17.2 Å². The molecule has 1 aromatic rings. The Hall–Kier alpha value is -3.67. The molecule has 12 heteroatoms. The van der Waals surface area contributed by atoms with Crippen molar-refractivity contribution in [3.8, 4) is 0 Å². The van der Waals surface area contributed by atoms with Gasteiger partial charge in [0.1, 0.15) is 18.1 Å². The number of carboxylic acids is 1. The first-order valence-corrected chi connectivity index (χ1v) is 12.8. The Morgan fingerprint density at radius 1 is 0.921 bits per heavy atom. The maximum absolute atomic E-state index is 13.4. The number of nitrogens with two attached hydrogens (primary N) is 2. The zero-order valence-corrected chi connectivity index (χ0v) is 22.6. The van der Waals surface area contributed by atoms with Crippen LogP contribution in [0.1, 0.15) is 52.5 Å². The van der Waals surface area contributed by atoms with Crippen molar-refractivity contribution in [2.75, 3.05) is 6.54 Å². The van der Waals surface area contributed by atoms with Gasteiger partial charge in [-0.1, -0.05) is 58.0 Å². The van der Waals surface area contributed by atoms with Gasteiger partial charge in [0, 0.05) is 13.0 Å². The first-order chi connectivity index (χ1) is 17.8. The van der Waals surface area contributed by atoms with Gasteiger partial charge in [0.2, 0.25) is 17.7 Å². The number of benzene rings is 1. The molecule has 0 radical (unpaired) electrons. The molecule has 0 spiro atoms. The normalized spacial score (nSPS) is 14.2. The Bertz CT molecular complexity index is 939. The lowest BCUT2D eigenvalue weighted by Crippen LogP contribution is -2.58. The molecule has 3 amide bonds. The molecule has 38 heavy (non-hydrogen) atoms. The monoisotopic (exact) mass is 533 g/mol. The third kappa shape index (κ3) is 12.0. The SMILES string of the molecule is CC(C)C[C@H](N)C(=O)N[C@@H](Cc1ccccc1)C(=O)N[C@@H](CCCNC(=N)N)C(=O)N[C@H](C(=O)O)C(C)C. The van der Waals surface area contributed by atoms with E-state index in [0.717, 1.165) is 5.56 Å². The molecule has 212 valence electrons. The van der Waals surface area contributed by atoms with Crippen molar-refractivity contribution in [2.24, 2.45) is 23.3 Å². The summed E-state index contributed by atoms with van der Waals surface area (Å²) in [5.41, 5.74) is 12.1. The molecule has 0 bridgehead atoms. The van der Waals surface area contributed by atoms with E-state index in [2.05, 4.69) is 21.3 Å². The van der Waals surface area contributed by atoms with Crippen molar-refractivity contribution < 1.29 is 24.3 Å². The number of carbonyl (C=O) groups is 4. The predicted octanol–water partition coefficient (Wildman–Crippen LogP) is 0.0608. The van der Waals surface area contributed by atoms with Crippen LogP contribution in [0.5, 0.6) is 0 Å². The summed E-state index contributed by atoms with van der Waals surface area (Å²) in [4.78, 5) is 50.9. The zero-order valence-electron chi connectivity index (χ0n) is 22.6. The number of guanidine groups is 1. The van der Waals surface area contributed by atoms with E-state index in [9.17, 15) is 24.3 Å². The number of carboxylic acid groups (broad SMARTS) is 1. The number of aliphatic carboxylic acids is 1. The molecule has 4 atom stereocenters. The average molecular weight is 534 g/mol. The molecule has 1 aromatic carbocycles. The topological polar surface area (TPSA) is 213 Å². The number of hydrogen-bond donors (Lipinski definition) is 8. The minimum atomic E-state index is -1.19. The molecule has 1 rings (SSSR count). The summed E-state index contributed by atoms with van der Waals surface area (Å²) < 4.78 is 0. The van der Waals surface area contributed by atoms with Gasteiger partial charge in [-0.3, -0.25) is 19.8 Å². The van der Waals surface area contributed by atoms with Crippen LogP contribution in [-0.2, 0) is 25.6 Å². The fraction of sp³-hybridized carbons (Fsp3) is 0.577. The highest BCUT2D eigenvalue weighted by Gasteiger charge is 2.31.